The third-order valence-corrected chi connectivity index (χ3v) is 6.41. The fourth-order valence-corrected chi connectivity index (χ4v) is 4.35. The highest BCUT2D eigenvalue weighted by atomic mass is 32.2. The summed E-state index contributed by atoms with van der Waals surface area (Å²) in [5.41, 5.74) is 0.454. The first-order chi connectivity index (χ1) is 13.5. The summed E-state index contributed by atoms with van der Waals surface area (Å²) in [5, 5.41) is 0. The van der Waals surface area contributed by atoms with Crippen LogP contribution < -0.4 is 14.2 Å². The number of carbonyl (C=O) groups is 1. The molecule has 2 aliphatic rings. The minimum absolute atomic E-state index is 0.142. The lowest BCUT2D eigenvalue weighted by molar-refractivity contribution is 0.0730. The van der Waals surface area contributed by atoms with Crippen LogP contribution in [0, 0.1) is 0 Å². The van der Waals surface area contributed by atoms with Crippen molar-refractivity contribution in [2.75, 3.05) is 39.7 Å². The first-order valence-electron chi connectivity index (χ1n) is 8.78. The molecule has 0 amide bonds. The van der Waals surface area contributed by atoms with Gasteiger partial charge < -0.3 is 18.9 Å². The molecule has 4 rings (SSSR count). The molecule has 0 N–H and O–H groups in total. The lowest BCUT2D eigenvalue weighted by Gasteiger charge is -2.26. The number of benzene rings is 2. The molecule has 2 heterocycles. The van der Waals surface area contributed by atoms with Crippen LogP contribution in [0.3, 0.4) is 0 Å². The third-order valence-electron chi connectivity index (χ3n) is 4.50. The Bertz CT molecular complexity index is 966. The second-order valence-electron chi connectivity index (χ2n) is 6.27. The Kier molecular flexibility index (Phi) is 5.21. The fraction of sp³-hybridized carbons (Fsp3) is 0.316. The Hall–Kier alpha value is -2.62. The molecular weight excluding hydrogens is 386 g/mol. The zero-order chi connectivity index (χ0) is 19.6. The lowest BCUT2D eigenvalue weighted by Crippen LogP contribution is -2.40. The van der Waals surface area contributed by atoms with Gasteiger partial charge in [0.25, 0.3) is 0 Å². The summed E-state index contributed by atoms with van der Waals surface area (Å²) in [5.74, 6) is 1.33. The monoisotopic (exact) mass is 405 g/mol. The molecule has 148 valence electrons. The van der Waals surface area contributed by atoms with Crippen LogP contribution in [-0.2, 0) is 14.8 Å². The first-order valence-corrected chi connectivity index (χ1v) is 10.2. The van der Waals surface area contributed by atoms with E-state index in [1.165, 1.54) is 16.4 Å². The van der Waals surface area contributed by atoms with Crippen LogP contribution in [0.25, 0.3) is 0 Å². The second kappa shape index (κ2) is 7.78. The van der Waals surface area contributed by atoms with Gasteiger partial charge in [-0.2, -0.15) is 4.31 Å². The molecule has 0 spiro atoms. The van der Waals surface area contributed by atoms with Crippen molar-refractivity contribution in [1.82, 2.24) is 4.31 Å². The zero-order valence-corrected chi connectivity index (χ0v) is 15.8. The van der Waals surface area contributed by atoms with Gasteiger partial charge in [0.05, 0.1) is 18.1 Å². The molecule has 2 aromatic rings. The van der Waals surface area contributed by atoms with Gasteiger partial charge in [0.15, 0.2) is 23.9 Å². The highest BCUT2D eigenvalue weighted by Crippen LogP contribution is 2.32. The van der Waals surface area contributed by atoms with E-state index >= 15 is 0 Å². The quantitative estimate of drug-likeness (QED) is 0.676. The SMILES string of the molecule is O=C(COc1ccc(S(=O)(=O)N2CCOCC2)cc1)c1ccc2c(c1)OCO2. The minimum atomic E-state index is -3.55. The summed E-state index contributed by atoms with van der Waals surface area (Å²) < 4.78 is 47.8. The Balaban J connectivity index is 1.38. The van der Waals surface area contributed by atoms with E-state index in [9.17, 15) is 13.2 Å². The molecule has 2 aliphatic heterocycles. The summed E-state index contributed by atoms with van der Waals surface area (Å²) in [6.45, 7) is 1.43. The lowest BCUT2D eigenvalue weighted by atomic mass is 10.1. The summed E-state index contributed by atoms with van der Waals surface area (Å²) >= 11 is 0. The van der Waals surface area contributed by atoms with E-state index in [0.29, 0.717) is 49.1 Å². The van der Waals surface area contributed by atoms with Crippen LogP contribution in [-0.4, -0.2) is 58.2 Å². The molecule has 0 bridgehead atoms. The second-order valence-corrected chi connectivity index (χ2v) is 8.21. The Morgan fingerprint density at radius 1 is 1.00 bits per heavy atom. The van der Waals surface area contributed by atoms with Crippen molar-refractivity contribution in [2.45, 2.75) is 4.90 Å². The van der Waals surface area contributed by atoms with E-state index in [1.807, 2.05) is 0 Å². The van der Waals surface area contributed by atoms with Crippen LogP contribution in [0.1, 0.15) is 10.4 Å². The molecule has 2 aromatic carbocycles. The number of rotatable bonds is 6. The van der Waals surface area contributed by atoms with Gasteiger partial charge in [0.2, 0.25) is 16.8 Å². The molecular formula is C19H19NO7S. The van der Waals surface area contributed by atoms with Crippen LogP contribution in [0.4, 0.5) is 0 Å². The normalized spacial score (nSPS) is 16.7. The molecule has 1 saturated heterocycles. The third kappa shape index (κ3) is 3.82. The molecule has 0 aromatic heterocycles. The number of morpholine rings is 1. The number of hydrogen-bond donors (Lipinski definition) is 0. The van der Waals surface area contributed by atoms with Crippen molar-refractivity contribution < 1.29 is 32.2 Å². The zero-order valence-electron chi connectivity index (χ0n) is 15.0. The Morgan fingerprint density at radius 3 is 2.46 bits per heavy atom. The fourth-order valence-electron chi connectivity index (χ4n) is 2.95. The average Bonchev–Trinajstić information content (AvgIpc) is 3.21. The maximum Gasteiger partial charge on any atom is 0.243 e. The van der Waals surface area contributed by atoms with Crippen molar-refractivity contribution in [3.63, 3.8) is 0 Å². The van der Waals surface area contributed by atoms with Crippen LogP contribution in [0.2, 0.25) is 0 Å². The molecule has 0 atom stereocenters. The van der Waals surface area contributed by atoms with E-state index in [4.69, 9.17) is 18.9 Å². The number of ketones is 1. The predicted octanol–water partition coefficient (Wildman–Crippen LogP) is 1.70. The van der Waals surface area contributed by atoms with Gasteiger partial charge in [-0.3, -0.25) is 4.79 Å². The van der Waals surface area contributed by atoms with E-state index in [1.54, 1.807) is 30.3 Å². The van der Waals surface area contributed by atoms with Gasteiger partial charge in [-0.05, 0) is 42.5 Å². The van der Waals surface area contributed by atoms with Crippen LogP contribution in [0.15, 0.2) is 47.4 Å². The smallest absolute Gasteiger partial charge is 0.243 e. The number of carbonyl (C=O) groups excluding carboxylic acids is 1. The number of ether oxygens (including phenoxy) is 4. The largest absolute Gasteiger partial charge is 0.485 e. The maximum atomic E-state index is 12.6. The van der Waals surface area contributed by atoms with E-state index < -0.39 is 10.0 Å². The van der Waals surface area contributed by atoms with Crippen molar-refractivity contribution >= 4 is 15.8 Å². The Labute approximate surface area is 162 Å². The standard InChI is InChI=1S/C19H19NO7S/c21-17(14-1-6-18-19(11-14)27-13-26-18)12-25-15-2-4-16(5-3-15)28(22,23)20-7-9-24-10-8-20/h1-6,11H,7-10,12-13H2. The molecule has 0 aliphatic carbocycles. The molecule has 8 nitrogen and oxygen atoms in total. The number of hydrogen-bond acceptors (Lipinski definition) is 7. The van der Waals surface area contributed by atoms with Crippen LogP contribution >= 0.6 is 0 Å². The van der Waals surface area contributed by atoms with Crippen molar-refractivity contribution in [2.24, 2.45) is 0 Å². The van der Waals surface area contributed by atoms with Gasteiger partial charge in [-0.1, -0.05) is 0 Å². The number of sulfonamides is 1. The van der Waals surface area contributed by atoms with Crippen LogP contribution in [0.5, 0.6) is 17.2 Å². The van der Waals surface area contributed by atoms with Gasteiger partial charge in [0.1, 0.15) is 5.75 Å². The predicted molar refractivity (Wildman–Crippen MR) is 98.4 cm³/mol. The van der Waals surface area contributed by atoms with Gasteiger partial charge in [-0.25, -0.2) is 8.42 Å². The molecule has 28 heavy (non-hydrogen) atoms. The van der Waals surface area contributed by atoms with Gasteiger partial charge in [-0.15, -0.1) is 0 Å². The van der Waals surface area contributed by atoms with E-state index in [2.05, 4.69) is 0 Å². The number of Topliss-reactive ketones (excluding diaryl/α,β-unsaturated/α-hetero) is 1. The summed E-state index contributed by atoms with van der Waals surface area (Å²) in [7, 11) is -3.55. The summed E-state index contributed by atoms with van der Waals surface area (Å²) in [6.07, 6.45) is 0. The number of fused-ring (bicyclic) bond motifs is 1. The van der Waals surface area contributed by atoms with Crippen molar-refractivity contribution in [3.05, 3.63) is 48.0 Å². The average molecular weight is 405 g/mol. The molecule has 9 heteroatoms. The van der Waals surface area contributed by atoms with Crippen molar-refractivity contribution in [3.8, 4) is 17.2 Å². The summed E-state index contributed by atoms with van der Waals surface area (Å²) in [6, 6.07) is 11.0. The van der Waals surface area contributed by atoms with E-state index in [-0.39, 0.29) is 24.1 Å². The highest BCUT2D eigenvalue weighted by molar-refractivity contribution is 7.89. The molecule has 1 fully saturated rings. The molecule has 0 radical (unpaired) electrons. The number of nitrogens with zero attached hydrogens (tertiary/aromatic N) is 1. The minimum Gasteiger partial charge on any atom is -0.485 e. The van der Waals surface area contributed by atoms with Crippen molar-refractivity contribution in [1.29, 1.82) is 0 Å². The van der Waals surface area contributed by atoms with Gasteiger partial charge >= 0.3 is 0 Å². The molecule has 0 unspecified atom stereocenters. The molecule has 0 saturated carbocycles. The van der Waals surface area contributed by atoms with Gasteiger partial charge in [0, 0.05) is 18.7 Å². The Morgan fingerprint density at radius 2 is 1.71 bits per heavy atom. The highest BCUT2D eigenvalue weighted by Gasteiger charge is 2.26. The maximum absolute atomic E-state index is 12.6. The first kappa shape index (κ1) is 18.7. The summed E-state index contributed by atoms with van der Waals surface area (Å²) in [4.78, 5) is 12.5. The topological polar surface area (TPSA) is 91.4 Å². The van der Waals surface area contributed by atoms with E-state index in [0.717, 1.165) is 0 Å².